The third kappa shape index (κ3) is 10.6. The quantitative estimate of drug-likeness (QED) is 0.165. The highest BCUT2D eigenvalue weighted by atomic mass is 17.2. The molecule has 0 fully saturated rings. The van der Waals surface area contributed by atoms with Crippen molar-refractivity contribution in [3.8, 4) is 5.75 Å². The first-order valence-electron chi connectivity index (χ1n) is 9.76. The summed E-state index contributed by atoms with van der Waals surface area (Å²) < 4.78 is 0. The summed E-state index contributed by atoms with van der Waals surface area (Å²) in [7, 11) is 0. The lowest BCUT2D eigenvalue weighted by molar-refractivity contribution is -0.208. The van der Waals surface area contributed by atoms with E-state index in [1.807, 2.05) is 24.3 Å². The maximum atomic E-state index is 11.3. The van der Waals surface area contributed by atoms with Crippen LogP contribution in [0.2, 0.25) is 0 Å². The Labute approximate surface area is 153 Å². The molecule has 0 spiro atoms. The Hall–Kier alpha value is -1.77. The number of unbranched alkanes of at least 4 members (excludes halogenated alkanes) is 9. The second kappa shape index (κ2) is 13.5. The van der Waals surface area contributed by atoms with E-state index in [2.05, 4.69) is 18.4 Å². The Morgan fingerprint density at radius 3 is 1.92 bits per heavy atom. The van der Waals surface area contributed by atoms with E-state index < -0.39 is 5.97 Å². The van der Waals surface area contributed by atoms with E-state index in [0.29, 0.717) is 11.3 Å². The van der Waals surface area contributed by atoms with Gasteiger partial charge in [0, 0.05) is 5.57 Å². The lowest BCUT2D eigenvalue weighted by Gasteiger charge is -2.06. The Bertz CT molecular complexity index is 490. The fourth-order valence-electron chi connectivity index (χ4n) is 2.69. The van der Waals surface area contributed by atoms with Gasteiger partial charge in [0.2, 0.25) is 0 Å². The normalized spacial score (nSPS) is 10.5. The van der Waals surface area contributed by atoms with Crippen LogP contribution < -0.4 is 4.89 Å². The lowest BCUT2D eigenvalue weighted by Crippen LogP contribution is -2.08. The SMILES string of the molecule is C=C(C)C(=O)OOc1ccc(CCCCCCCCCCCC)cc1. The van der Waals surface area contributed by atoms with Crippen molar-refractivity contribution in [3.63, 3.8) is 0 Å². The molecule has 0 aromatic heterocycles. The van der Waals surface area contributed by atoms with Gasteiger partial charge in [0.1, 0.15) is 0 Å². The molecule has 3 nitrogen and oxygen atoms in total. The molecule has 0 N–H and O–H groups in total. The zero-order chi connectivity index (χ0) is 18.3. The molecule has 0 atom stereocenters. The van der Waals surface area contributed by atoms with Crippen LogP contribution in [0.5, 0.6) is 5.75 Å². The van der Waals surface area contributed by atoms with Crippen LogP contribution in [0.15, 0.2) is 36.4 Å². The summed E-state index contributed by atoms with van der Waals surface area (Å²) in [6.45, 7) is 7.35. The van der Waals surface area contributed by atoms with Gasteiger partial charge in [-0.3, -0.25) is 4.89 Å². The zero-order valence-corrected chi connectivity index (χ0v) is 16.0. The second-order valence-electron chi connectivity index (χ2n) is 6.81. The third-order valence-corrected chi connectivity index (χ3v) is 4.30. The summed E-state index contributed by atoms with van der Waals surface area (Å²) >= 11 is 0. The van der Waals surface area contributed by atoms with Crippen molar-refractivity contribution < 1.29 is 14.6 Å². The maximum Gasteiger partial charge on any atom is 0.381 e. The molecule has 1 aromatic carbocycles. The number of hydrogen-bond donors (Lipinski definition) is 0. The second-order valence-corrected chi connectivity index (χ2v) is 6.81. The van der Waals surface area contributed by atoms with Crippen LogP contribution in [0.3, 0.4) is 0 Å². The van der Waals surface area contributed by atoms with Gasteiger partial charge in [-0.15, -0.1) is 0 Å². The van der Waals surface area contributed by atoms with Gasteiger partial charge >= 0.3 is 5.97 Å². The molecule has 0 saturated carbocycles. The van der Waals surface area contributed by atoms with E-state index in [1.54, 1.807) is 6.92 Å². The van der Waals surface area contributed by atoms with Gasteiger partial charge in [-0.25, -0.2) is 9.68 Å². The molecule has 1 aromatic rings. The standard InChI is InChI=1S/C22H34O3/c1-4-5-6-7-8-9-10-11-12-13-14-20-15-17-21(18-16-20)24-25-22(23)19(2)3/h15-18H,2,4-14H2,1,3H3. The molecule has 1 rings (SSSR count). The monoisotopic (exact) mass is 346 g/mol. The van der Waals surface area contributed by atoms with Crippen LogP contribution in [0.4, 0.5) is 0 Å². The first kappa shape index (κ1) is 21.3. The van der Waals surface area contributed by atoms with Gasteiger partial charge in [0.15, 0.2) is 5.75 Å². The molecule has 0 heterocycles. The zero-order valence-electron chi connectivity index (χ0n) is 16.0. The highest BCUT2D eigenvalue weighted by Gasteiger charge is 2.05. The van der Waals surface area contributed by atoms with E-state index in [4.69, 9.17) is 4.89 Å². The van der Waals surface area contributed by atoms with Gasteiger partial charge in [-0.05, 0) is 37.5 Å². The Morgan fingerprint density at radius 2 is 1.40 bits per heavy atom. The topological polar surface area (TPSA) is 35.5 Å². The third-order valence-electron chi connectivity index (χ3n) is 4.30. The Balaban J connectivity index is 2.06. The lowest BCUT2D eigenvalue weighted by atomic mass is 10.0. The van der Waals surface area contributed by atoms with Crippen LogP contribution >= 0.6 is 0 Å². The number of carbonyl (C=O) groups excluding carboxylic acids is 1. The van der Waals surface area contributed by atoms with Crippen LogP contribution in [-0.4, -0.2) is 5.97 Å². The van der Waals surface area contributed by atoms with Gasteiger partial charge in [0.05, 0.1) is 0 Å². The Morgan fingerprint density at radius 1 is 0.880 bits per heavy atom. The fraction of sp³-hybridized carbons (Fsp3) is 0.591. The van der Waals surface area contributed by atoms with E-state index >= 15 is 0 Å². The number of aryl methyl sites for hydroxylation is 1. The van der Waals surface area contributed by atoms with Crippen LogP contribution in [-0.2, 0) is 16.1 Å². The fourth-order valence-corrected chi connectivity index (χ4v) is 2.69. The first-order chi connectivity index (χ1) is 12.1. The van der Waals surface area contributed by atoms with Crippen LogP contribution in [0, 0.1) is 0 Å². The molecule has 0 aliphatic carbocycles. The van der Waals surface area contributed by atoms with Gasteiger partial charge in [-0.2, -0.15) is 0 Å². The minimum atomic E-state index is -0.547. The predicted molar refractivity (Wildman–Crippen MR) is 104 cm³/mol. The molecular formula is C22H34O3. The van der Waals surface area contributed by atoms with Crippen molar-refractivity contribution in [2.45, 2.75) is 84.5 Å². The molecule has 3 heteroatoms. The van der Waals surface area contributed by atoms with Crippen molar-refractivity contribution in [2.24, 2.45) is 0 Å². The molecule has 0 unspecified atom stereocenters. The molecule has 0 bridgehead atoms. The van der Waals surface area contributed by atoms with E-state index in [-0.39, 0.29) is 0 Å². The molecule has 0 amide bonds. The van der Waals surface area contributed by atoms with Gasteiger partial charge in [-0.1, -0.05) is 83.4 Å². The molecule has 25 heavy (non-hydrogen) atoms. The highest BCUT2D eigenvalue weighted by molar-refractivity contribution is 5.86. The number of rotatable bonds is 14. The number of carbonyl (C=O) groups is 1. The summed E-state index contributed by atoms with van der Waals surface area (Å²) in [6, 6.07) is 7.71. The maximum absolute atomic E-state index is 11.3. The number of hydrogen-bond acceptors (Lipinski definition) is 3. The van der Waals surface area contributed by atoms with Crippen molar-refractivity contribution in [2.75, 3.05) is 0 Å². The smallest absolute Gasteiger partial charge is 0.287 e. The molecule has 0 radical (unpaired) electrons. The summed E-state index contributed by atoms with van der Waals surface area (Å²) in [5, 5.41) is 0. The minimum absolute atomic E-state index is 0.317. The minimum Gasteiger partial charge on any atom is -0.287 e. The summed E-state index contributed by atoms with van der Waals surface area (Å²) in [5.74, 6) is -0.0177. The summed E-state index contributed by atoms with van der Waals surface area (Å²) in [4.78, 5) is 20.9. The summed E-state index contributed by atoms with van der Waals surface area (Å²) in [6.07, 6.45) is 14.6. The summed E-state index contributed by atoms with van der Waals surface area (Å²) in [5.41, 5.74) is 1.61. The van der Waals surface area contributed by atoms with E-state index in [1.165, 1.54) is 69.8 Å². The molecular weight excluding hydrogens is 312 g/mol. The van der Waals surface area contributed by atoms with Gasteiger partial charge < -0.3 is 0 Å². The molecule has 0 saturated heterocycles. The van der Waals surface area contributed by atoms with E-state index in [0.717, 1.165) is 6.42 Å². The largest absolute Gasteiger partial charge is 0.381 e. The average Bonchev–Trinajstić information content (AvgIpc) is 2.62. The molecule has 0 aliphatic rings. The van der Waals surface area contributed by atoms with Crippen LogP contribution in [0.1, 0.15) is 83.6 Å². The van der Waals surface area contributed by atoms with Crippen LogP contribution in [0.25, 0.3) is 0 Å². The Kier molecular flexibility index (Phi) is 11.5. The van der Waals surface area contributed by atoms with Gasteiger partial charge in [0.25, 0.3) is 0 Å². The van der Waals surface area contributed by atoms with Crippen molar-refractivity contribution in [1.82, 2.24) is 0 Å². The first-order valence-corrected chi connectivity index (χ1v) is 9.76. The molecule has 140 valence electrons. The molecule has 0 aliphatic heterocycles. The highest BCUT2D eigenvalue weighted by Crippen LogP contribution is 2.16. The number of benzene rings is 1. The van der Waals surface area contributed by atoms with Crippen molar-refractivity contribution in [1.29, 1.82) is 0 Å². The van der Waals surface area contributed by atoms with Crippen molar-refractivity contribution in [3.05, 3.63) is 42.0 Å². The average molecular weight is 347 g/mol. The van der Waals surface area contributed by atoms with E-state index in [9.17, 15) is 4.79 Å². The predicted octanol–water partition coefficient (Wildman–Crippen LogP) is 6.56. The van der Waals surface area contributed by atoms with Crippen molar-refractivity contribution >= 4 is 5.97 Å².